The molecule has 4 rings (SSSR count). The van der Waals surface area contributed by atoms with Gasteiger partial charge in [-0.15, -0.1) is 0 Å². The molecule has 190 valence electrons. The first kappa shape index (κ1) is 25.6. The minimum absolute atomic E-state index is 0.0646. The largest absolute Gasteiger partial charge is 0.422 e. The van der Waals surface area contributed by atoms with Gasteiger partial charge in [0, 0.05) is 11.1 Å². The lowest BCUT2D eigenvalue weighted by molar-refractivity contribution is -0.143. The van der Waals surface area contributed by atoms with Gasteiger partial charge in [0.1, 0.15) is 11.3 Å². The van der Waals surface area contributed by atoms with E-state index in [4.69, 9.17) is 14.8 Å². The zero-order chi connectivity index (χ0) is 27.0. The number of nitrogens with zero attached hydrogens (tertiary/aromatic N) is 4. The molecule has 37 heavy (non-hydrogen) atoms. The summed E-state index contributed by atoms with van der Waals surface area (Å²) in [5.74, 6) is -3.99. The van der Waals surface area contributed by atoms with Gasteiger partial charge in [0.25, 0.3) is 11.8 Å². The van der Waals surface area contributed by atoms with Gasteiger partial charge >= 0.3 is 6.18 Å². The van der Waals surface area contributed by atoms with Crippen molar-refractivity contribution in [3.8, 4) is 40.4 Å². The molecule has 2 heterocycles. The maximum Gasteiger partial charge on any atom is 0.422 e. The van der Waals surface area contributed by atoms with Crippen LogP contribution in [0.5, 0.6) is 0 Å². The average molecular weight is 511 g/mol. The number of aromatic nitrogens is 3. The number of benzene rings is 2. The zero-order valence-electron chi connectivity index (χ0n) is 19.5. The summed E-state index contributed by atoms with van der Waals surface area (Å²) in [7, 11) is 0. The van der Waals surface area contributed by atoms with Crippen LogP contribution >= 0.6 is 0 Å². The molecule has 3 N–H and O–H groups in total. The highest BCUT2D eigenvalue weighted by molar-refractivity contribution is 5.86. The van der Waals surface area contributed by atoms with E-state index in [0.717, 1.165) is 0 Å². The van der Waals surface area contributed by atoms with Gasteiger partial charge in [0.2, 0.25) is 11.6 Å². The summed E-state index contributed by atoms with van der Waals surface area (Å²) in [5, 5.41) is 27.8. The maximum absolute atomic E-state index is 13.9. The van der Waals surface area contributed by atoms with Crippen molar-refractivity contribution in [2.75, 3.05) is 0 Å². The Morgan fingerprint density at radius 2 is 1.68 bits per heavy atom. The van der Waals surface area contributed by atoms with Gasteiger partial charge in [-0.05, 0) is 11.5 Å². The van der Waals surface area contributed by atoms with Crippen molar-refractivity contribution in [2.24, 2.45) is 17.6 Å². The lowest BCUT2D eigenvalue weighted by Crippen LogP contribution is -2.48. The Bertz CT molecular complexity index is 1460. The molecule has 12 heteroatoms. The fourth-order valence-corrected chi connectivity index (χ4v) is 4.00. The van der Waals surface area contributed by atoms with Crippen LogP contribution in [-0.4, -0.2) is 26.3 Å². The predicted octanol–water partition coefficient (Wildman–Crippen LogP) is 4.55. The number of alkyl halides is 3. The fourth-order valence-electron chi connectivity index (χ4n) is 4.00. The number of carbonyl (C=O) groups is 1. The molecule has 9 nitrogen and oxygen atoms in total. The Labute approximate surface area is 208 Å². The first-order valence-corrected chi connectivity index (χ1v) is 11.0. The number of nitriles is 1. The Hall–Kier alpha value is -4.50. The van der Waals surface area contributed by atoms with Gasteiger partial charge in [-0.3, -0.25) is 4.79 Å². The predicted molar refractivity (Wildman–Crippen MR) is 123 cm³/mol. The smallest absolute Gasteiger partial charge is 0.374 e. The number of carbonyl (C=O) groups excluding carboxylic acids is 1. The third-order valence-corrected chi connectivity index (χ3v) is 5.86. The molecule has 0 aliphatic heterocycles. The molecule has 0 saturated heterocycles. The van der Waals surface area contributed by atoms with Crippen molar-refractivity contribution < 1.29 is 32.1 Å². The lowest BCUT2D eigenvalue weighted by atomic mass is 9.75. The monoisotopic (exact) mass is 511 g/mol. The molecule has 2 aromatic heterocycles. The molecule has 0 bridgehead atoms. The summed E-state index contributed by atoms with van der Waals surface area (Å²) in [6.45, 7) is 3.33. The van der Waals surface area contributed by atoms with E-state index in [1.807, 2.05) is 6.07 Å². The maximum atomic E-state index is 13.9. The van der Waals surface area contributed by atoms with Crippen LogP contribution in [0.2, 0.25) is 0 Å². The van der Waals surface area contributed by atoms with Crippen LogP contribution in [0.15, 0.2) is 63.6 Å². The summed E-state index contributed by atoms with van der Waals surface area (Å²) in [6.07, 6.45) is -4.83. The highest BCUT2D eigenvalue weighted by atomic mass is 19.4. The van der Waals surface area contributed by atoms with E-state index in [9.17, 15) is 28.3 Å². The van der Waals surface area contributed by atoms with Gasteiger partial charge in [0.15, 0.2) is 5.60 Å². The normalized spacial score (nSPS) is 14.2. The van der Waals surface area contributed by atoms with Gasteiger partial charge in [-0.1, -0.05) is 78.8 Å². The first-order valence-electron chi connectivity index (χ1n) is 11.0. The summed E-state index contributed by atoms with van der Waals surface area (Å²) < 4.78 is 51.9. The van der Waals surface area contributed by atoms with Crippen molar-refractivity contribution in [3.05, 3.63) is 65.7 Å². The van der Waals surface area contributed by atoms with Crippen molar-refractivity contribution in [3.63, 3.8) is 0 Å². The molecule has 4 aromatic rings. The number of halogens is 3. The van der Waals surface area contributed by atoms with Crippen LogP contribution in [0, 0.1) is 23.2 Å². The van der Waals surface area contributed by atoms with Crippen LogP contribution in [0.4, 0.5) is 13.2 Å². The summed E-state index contributed by atoms with van der Waals surface area (Å²) in [5.41, 5.74) is 2.14. The van der Waals surface area contributed by atoms with Gasteiger partial charge in [-0.25, -0.2) is 0 Å². The third-order valence-electron chi connectivity index (χ3n) is 5.86. The summed E-state index contributed by atoms with van der Waals surface area (Å²) in [4.78, 5) is 16.2. The minimum Gasteiger partial charge on any atom is -0.374 e. The van der Waals surface area contributed by atoms with Crippen LogP contribution in [0.25, 0.3) is 34.3 Å². The summed E-state index contributed by atoms with van der Waals surface area (Å²) >= 11 is 0. The van der Waals surface area contributed by atoms with Crippen LogP contribution in [0.1, 0.15) is 25.0 Å². The molecule has 0 radical (unpaired) electrons. The van der Waals surface area contributed by atoms with E-state index in [2.05, 4.69) is 15.3 Å². The number of primary amides is 1. The van der Waals surface area contributed by atoms with Crippen LogP contribution in [0.3, 0.4) is 0 Å². The van der Waals surface area contributed by atoms with Gasteiger partial charge in [-0.2, -0.15) is 23.4 Å². The summed E-state index contributed by atoms with van der Waals surface area (Å²) in [6, 6.07) is 15.2. The molecular weight excluding hydrogens is 491 g/mol. The molecule has 0 saturated carbocycles. The molecule has 0 aliphatic carbocycles. The third kappa shape index (κ3) is 4.56. The topological polar surface area (TPSA) is 152 Å². The van der Waals surface area contributed by atoms with Gasteiger partial charge < -0.3 is 19.9 Å². The highest BCUT2D eigenvalue weighted by Gasteiger charge is 2.46. The van der Waals surface area contributed by atoms with Gasteiger partial charge in [0.05, 0.1) is 12.0 Å². The first-order chi connectivity index (χ1) is 17.5. The van der Waals surface area contributed by atoms with E-state index in [1.54, 1.807) is 32.0 Å². The highest BCUT2D eigenvalue weighted by Crippen LogP contribution is 2.43. The molecule has 0 fully saturated rings. The molecule has 2 atom stereocenters. The number of rotatable bonds is 7. The van der Waals surface area contributed by atoms with Crippen molar-refractivity contribution in [1.29, 1.82) is 5.26 Å². The van der Waals surface area contributed by atoms with Crippen molar-refractivity contribution in [2.45, 2.75) is 25.6 Å². The Balaban J connectivity index is 1.71. The minimum atomic E-state index is -4.83. The standard InChI is InChI=1S/C25H20F3N5O4/c1-13(2)17(12-29)24(35,23(30)34)16-10-8-15(9-11-16)21-31-22(37-33-21)20-18(25(26,27)28)19(32-36-20)14-6-4-3-5-7-14/h3-11,13,17,35H,1-2H3,(H2,30,34)/t17-,24?/m1/s1. The van der Waals surface area contributed by atoms with Crippen molar-refractivity contribution in [1.82, 2.24) is 15.3 Å². The Morgan fingerprint density at radius 1 is 1.03 bits per heavy atom. The quantitative estimate of drug-likeness (QED) is 0.367. The van der Waals surface area contributed by atoms with E-state index >= 15 is 0 Å². The average Bonchev–Trinajstić information content (AvgIpc) is 3.52. The number of aliphatic hydroxyl groups is 1. The van der Waals surface area contributed by atoms with E-state index in [0.29, 0.717) is 5.56 Å². The second-order valence-corrected chi connectivity index (χ2v) is 8.58. The van der Waals surface area contributed by atoms with E-state index < -0.39 is 52.4 Å². The number of hydrogen-bond donors (Lipinski definition) is 2. The second kappa shape index (κ2) is 9.51. The van der Waals surface area contributed by atoms with Crippen molar-refractivity contribution >= 4 is 5.91 Å². The lowest BCUT2D eigenvalue weighted by Gasteiger charge is -2.32. The fraction of sp³-hybridized carbons (Fsp3) is 0.240. The zero-order valence-corrected chi connectivity index (χ0v) is 19.5. The molecule has 1 amide bonds. The molecule has 0 aliphatic rings. The Kier molecular flexibility index (Phi) is 6.58. The Morgan fingerprint density at radius 3 is 2.22 bits per heavy atom. The van der Waals surface area contributed by atoms with Crippen LogP contribution in [-0.2, 0) is 16.6 Å². The number of hydrogen-bond acceptors (Lipinski definition) is 8. The second-order valence-electron chi connectivity index (χ2n) is 8.58. The molecule has 2 aromatic carbocycles. The van der Waals surface area contributed by atoms with Crippen LogP contribution < -0.4 is 5.73 Å². The van der Waals surface area contributed by atoms with E-state index in [1.165, 1.54) is 36.4 Å². The molecule has 0 spiro atoms. The molecule has 1 unspecified atom stereocenters. The number of nitrogens with two attached hydrogens (primary N) is 1. The molecular formula is C25H20F3N5O4. The SMILES string of the molecule is CC(C)[C@@H](C#N)C(O)(C(N)=O)c1ccc(-c2noc(-c3onc(-c4ccccc4)c3C(F)(F)F)n2)cc1. The number of amides is 1. The van der Waals surface area contributed by atoms with E-state index in [-0.39, 0.29) is 17.0 Å².